The summed E-state index contributed by atoms with van der Waals surface area (Å²) in [4.78, 5) is 39.2. The Bertz CT molecular complexity index is 583. The summed E-state index contributed by atoms with van der Waals surface area (Å²) < 4.78 is 0. The van der Waals surface area contributed by atoms with Crippen LogP contribution in [-0.4, -0.2) is 42.1 Å². The highest BCUT2D eigenvalue weighted by Crippen LogP contribution is 2.20. The fourth-order valence-electron chi connectivity index (χ4n) is 2.58. The van der Waals surface area contributed by atoms with E-state index in [1.807, 2.05) is 19.9 Å². The van der Waals surface area contributed by atoms with Gasteiger partial charge in [-0.2, -0.15) is 0 Å². The summed E-state index contributed by atoms with van der Waals surface area (Å²) in [5.41, 5.74) is 1.35. The number of hydrogen-bond acceptors (Lipinski definition) is 3. The SMILES string of the molecule is CCCC(=O)N1CCN(c2cccc(C(=O)CC)c2)C(=O)C1. The predicted octanol–water partition coefficient (Wildman–Crippen LogP) is 2.25. The van der Waals surface area contributed by atoms with Crippen LogP contribution in [0, 0.1) is 0 Å². The molecule has 0 atom stereocenters. The van der Waals surface area contributed by atoms with Gasteiger partial charge in [0, 0.05) is 37.2 Å². The third kappa shape index (κ3) is 3.53. The highest BCUT2D eigenvalue weighted by molar-refractivity contribution is 6.00. The number of hydrogen-bond donors (Lipinski definition) is 0. The van der Waals surface area contributed by atoms with Crippen LogP contribution in [0.2, 0.25) is 0 Å². The zero-order valence-corrected chi connectivity index (χ0v) is 13.2. The van der Waals surface area contributed by atoms with E-state index in [0.29, 0.717) is 31.5 Å². The Hall–Kier alpha value is -2.17. The fourth-order valence-corrected chi connectivity index (χ4v) is 2.58. The molecule has 5 nitrogen and oxygen atoms in total. The van der Waals surface area contributed by atoms with E-state index in [1.165, 1.54) is 0 Å². The minimum absolute atomic E-state index is 0.0328. The second-order valence-corrected chi connectivity index (χ2v) is 5.44. The van der Waals surface area contributed by atoms with Crippen LogP contribution in [0.1, 0.15) is 43.5 Å². The highest BCUT2D eigenvalue weighted by atomic mass is 16.2. The Labute approximate surface area is 130 Å². The van der Waals surface area contributed by atoms with Crippen molar-refractivity contribution in [2.75, 3.05) is 24.5 Å². The predicted molar refractivity (Wildman–Crippen MR) is 84.9 cm³/mol. The first-order valence-electron chi connectivity index (χ1n) is 7.78. The third-order valence-electron chi connectivity index (χ3n) is 3.84. The van der Waals surface area contributed by atoms with Gasteiger partial charge < -0.3 is 9.80 Å². The van der Waals surface area contributed by atoms with Crippen LogP contribution < -0.4 is 4.90 Å². The molecule has 2 rings (SSSR count). The lowest BCUT2D eigenvalue weighted by Gasteiger charge is -2.34. The van der Waals surface area contributed by atoms with Crippen LogP contribution in [0.25, 0.3) is 0 Å². The highest BCUT2D eigenvalue weighted by Gasteiger charge is 2.27. The minimum atomic E-state index is -0.100. The number of Topliss-reactive ketones (excluding diaryl/α,β-unsaturated/α-hetero) is 1. The molecule has 0 spiro atoms. The molecule has 1 fully saturated rings. The van der Waals surface area contributed by atoms with Crippen molar-refractivity contribution in [1.82, 2.24) is 4.90 Å². The molecular weight excluding hydrogens is 280 g/mol. The van der Waals surface area contributed by atoms with Gasteiger partial charge in [-0.15, -0.1) is 0 Å². The van der Waals surface area contributed by atoms with Gasteiger partial charge in [-0.3, -0.25) is 14.4 Å². The molecule has 0 bridgehead atoms. The van der Waals surface area contributed by atoms with E-state index in [2.05, 4.69) is 0 Å². The lowest BCUT2D eigenvalue weighted by molar-refractivity contribution is -0.136. The molecule has 1 heterocycles. The number of piperazine rings is 1. The first-order valence-corrected chi connectivity index (χ1v) is 7.78. The number of anilines is 1. The molecule has 1 saturated heterocycles. The van der Waals surface area contributed by atoms with Gasteiger partial charge in [0.05, 0.1) is 0 Å². The molecule has 1 aromatic carbocycles. The van der Waals surface area contributed by atoms with Gasteiger partial charge in [-0.05, 0) is 18.6 Å². The number of amides is 2. The summed E-state index contributed by atoms with van der Waals surface area (Å²) in [6.45, 7) is 4.89. The van der Waals surface area contributed by atoms with Crippen molar-refractivity contribution in [3.63, 3.8) is 0 Å². The monoisotopic (exact) mass is 302 g/mol. The first kappa shape index (κ1) is 16.2. The van der Waals surface area contributed by atoms with Crippen molar-refractivity contribution in [1.29, 1.82) is 0 Å². The van der Waals surface area contributed by atoms with Crippen molar-refractivity contribution >= 4 is 23.3 Å². The van der Waals surface area contributed by atoms with Crippen LogP contribution >= 0.6 is 0 Å². The molecule has 1 aliphatic heterocycles. The maximum absolute atomic E-state index is 12.3. The Balaban J connectivity index is 2.10. The largest absolute Gasteiger partial charge is 0.332 e. The normalized spacial score (nSPS) is 15.1. The minimum Gasteiger partial charge on any atom is -0.332 e. The summed E-state index contributed by atoms with van der Waals surface area (Å²) in [7, 11) is 0. The number of benzene rings is 1. The number of nitrogens with zero attached hydrogens (tertiary/aromatic N) is 2. The summed E-state index contributed by atoms with van der Waals surface area (Å²) in [6.07, 6.45) is 1.71. The average Bonchev–Trinajstić information content (AvgIpc) is 2.54. The Morgan fingerprint density at radius 3 is 2.59 bits per heavy atom. The lowest BCUT2D eigenvalue weighted by Crippen LogP contribution is -2.52. The first-order chi connectivity index (χ1) is 10.6. The standard InChI is InChI=1S/C17H22N2O3/c1-3-6-16(21)18-9-10-19(17(22)12-18)14-8-5-7-13(11-14)15(20)4-2/h5,7-8,11H,3-4,6,9-10,12H2,1-2H3. The number of ketones is 1. The Kier molecular flexibility index (Phi) is 5.31. The molecule has 0 unspecified atom stereocenters. The van der Waals surface area contributed by atoms with Gasteiger partial charge in [0.15, 0.2) is 5.78 Å². The molecule has 22 heavy (non-hydrogen) atoms. The van der Waals surface area contributed by atoms with E-state index >= 15 is 0 Å². The van der Waals surface area contributed by atoms with Crippen LogP contribution in [-0.2, 0) is 9.59 Å². The summed E-state index contributed by atoms with van der Waals surface area (Å²) in [6, 6.07) is 7.14. The van der Waals surface area contributed by atoms with Crippen molar-refractivity contribution in [2.45, 2.75) is 33.1 Å². The molecule has 1 aromatic rings. The van der Waals surface area contributed by atoms with Gasteiger partial charge in [0.1, 0.15) is 6.54 Å². The topological polar surface area (TPSA) is 57.7 Å². The molecule has 0 aliphatic carbocycles. The number of carbonyl (C=O) groups is 3. The van der Waals surface area contributed by atoms with Crippen molar-refractivity contribution in [3.8, 4) is 0 Å². The quantitative estimate of drug-likeness (QED) is 0.784. The number of rotatable bonds is 5. The van der Waals surface area contributed by atoms with E-state index < -0.39 is 0 Å². The molecular formula is C17H22N2O3. The van der Waals surface area contributed by atoms with Crippen LogP contribution in [0.15, 0.2) is 24.3 Å². The summed E-state index contributed by atoms with van der Waals surface area (Å²) >= 11 is 0. The van der Waals surface area contributed by atoms with Gasteiger partial charge in [-0.25, -0.2) is 0 Å². The average molecular weight is 302 g/mol. The van der Waals surface area contributed by atoms with Crippen molar-refractivity contribution in [3.05, 3.63) is 29.8 Å². The molecule has 2 amide bonds. The zero-order valence-electron chi connectivity index (χ0n) is 13.2. The van der Waals surface area contributed by atoms with Gasteiger partial charge in [0.2, 0.25) is 11.8 Å². The van der Waals surface area contributed by atoms with Crippen LogP contribution in [0.4, 0.5) is 5.69 Å². The second kappa shape index (κ2) is 7.20. The Morgan fingerprint density at radius 2 is 1.95 bits per heavy atom. The van der Waals surface area contributed by atoms with Crippen molar-refractivity contribution in [2.24, 2.45) is 0 Å². The molecule has 1 aliphatic rings. The lowest BCUT2D eigenvalue weighted by atomic mass is 10.1. The zero-order chi connectivity index (χ0) is 16.1. The fraction of sp³-hybridized carbons (Fsp3) is 0.471. The maximum Gasteiger partial charge on any atom is 0.246 e. The third-order valence-corrected chi connectivity index (χ3v) is 3.84. The van der Waals surface area contributed by atoms with Crippen LogP contribution in [0.5, 0.6) is 0 Å². The van der Waals surface area contributed by atoms with Gasteiger partial charge >= 0.3 is 0 Å². The summed E-state index contributed by atoms with van der Waals surface area (Å²) in [5, 5.41) is 0. The molecule has 0 N–H and O–H groups in total. The summed E-state index contributed by atoms with van der Waals surface area (Å²) in [5.74, 6) is -0.00623. The van der Waals surface area contributed by atoms with Crippen molar-refractivity contribution < 1.29 is 14.4 Å². The van der Waals surface area contributed by atoms with E-state index in [-0.39, 0.29) is 24.1 Å². The Morgan fingerprint density at radius 1 is 1.18 bits per heavy atom. The van der Waals surface area contributed by atoms with E-state index in [4.69, 9.17) is 0 Å². The van der Waals surface area contributed by atoms with E-state index in [0.717, 1.165) is 12.1 Å². The maximum atomic E-state index is 12.3. The van der Waals surface area contributed by atoms with E-state index in [1.54, 1.807) is 28.0 Å². The molecule has 0 aromatic heterocycles. The second-order valence-electron chi connectivity index (χ2n) is 5.44. The van der Waals surface area contributed by atoms with Crippen LogP contribution in [0.3, 0.4) is 0 Å². The smallest absolute Gasteiger partial charge is 0.246 e. The molecule has 118 valence electrons. The van der Waals surface area contributed by atoms with Gasteiger partial charge in [-0.1, -0.05) is 26.0 Å². The number of carbonyl (C=O) groups excluding carboxylic acids is 3. The molecule has 5 heteroatoms. The van der Waals surface area contributed by atoms with Gasteiger partial charge in [0.25, 0.3) is 0 Å². The van der Waals surface area contributed by atoms with E-state index in [9.17, 15) is 14.4 Å². The molecule has 0 radical (unpaired) electrons. The molecule has 0 saturated carbocycles.